The second-order valence-electron chi connectivity index (χ2n) is 6.45. The van der Waals surface area contributed by atoms with Crippen molar-refractivity contribution in [3.05, 3.63) is 60.2 Å². The summed E-state index contributed by atoms with van der Waals surface area (Å²) in [5.74, 6) is 0.112. The molecule has 1 saturated heterocycles. The van der Waals surface area contributed by atoms with Crippen LogP contribution in [-0.4, -0.2) is 31.7 Å². The summed E-state index contributed by atoms with van der Waals surface area (Å²) in [6, 6.07) is 15.3. The summed E-state index contributed by atoms with van der Waals surface area (Å²) in [5, 5.41) is 2.79. The quantitative estimate of drug-likeness (QED) is 0.911. The van der Waals surface area contributed by atoms with E-state index in [-0.39, 0.29) is 10.8 Å². The molecular weight excluding hydrogens is 336 g/mol. The van der Waals surface area contributed by atoms with Gasteiger partial charge in [0.25, 0.3) is 5.91 Å². The molecule has 6 heteroatoms. The summed E-state index contributed by atoms with van der Waals surface area (Å²) in [6.07, 6.45) is 1.95. The van der Waals surface area contributed by atoms with Gasteiger partial charge < -0.3 is 5.32 Å². The van der Waals surface area contributed by atoms with Crippen LogP contribution >= 0.6 is 0 Å². The van der Waals surface area contributed by atoms with Gasteiger partial charge in [0.1, 0.15) is 0 Å². The summed E-state index contributed by atoms with van der Waals surface area (Å²) < 4.78 is 27.0. The van der Waals surface area contributed by atoms with Crippen molar-refractivity contribution in [2.45, 2.75) is 24.7 Å². The minimum Gasteiger partial charge on any atom is -0.322 e. The number of sulfonamides is 1. The number of nitrogens with one attached hydrogen (secondary N) is 1. The molecule has 0 radical (unpaired) electrons. The Kier molecular flexibility index (Phi) is 5.20. The van der Waals surface area contributed by atoms with E-state index in [2.05, 4.69) is 12.2 Å². The van der Waals surface area contributed by atoms with Crippen LogP contribution in [0, 0.1) is 5.92 Å². The highest BCUT2D eigenvalue weighted by atomic mass is 32.2. The molecule has 1 aliphatic rings. The first-order chi connectivity index (χ1) is 12.0. The van der Waals surface area contributed by atoms with Gasteiger partial charge in [-0.3, -0.25) is 4.79 Å². The van der Waals surface area contributed by atoms with Crippen molar-refractivity contribution in [1.29, 1.82) is 0 Å². The van der Waals surface area contributed by atoms with Crippen LogP contribution in [0.5, 0.6) is 0 Å². The number of piperidine rings is 1. The number of amides is 1. The number of benzene rings is 2. The van der Waals surface area contributed by atoms with E-state index in [1.165, 1.54) is 12.1 Å². The highest BCUT2D eigenvalue weighted by Crippen LogP contribution is 2.23. The van der Waals surface area contributed by atoms with Crippen molar-refractivity contribution >= 4 is 21.6 Å². The topological polar surface area (TPSA) is 66.5 Å². The Balaban J connectivity index is 1.74. The van der Waals surface area contributed by atoms with Crippen LogP contribution < -0.4 is 5.32 Å². The van der Waals surface area contributed by atoms with E-state index in [0.717, 1.165) is 12.8 Å². The SMILES string of the molecule is C[C@@H]1CCCN(S(=O)(=O)c2ccc(C(=O)Nc3ccccc3)cc2)C1. The summed E-state index contributed by atoms with van der Waals surface area (Å²) >= 11 is 0. The molecule has 0 bridgehead atoms. The van der Waals surface area contributed by atoms with Crippen molar-refractivity contribution in [2.24, 2.45) is 5.92 Å². The second kappa shape index (κ2) is 7.37. The molecule has 1 heterocycles. The van der Waals surface area contributed by atoms with Gasteiger partial charge in [0.15, 0.2) is 0 Å². The molecule has 0 aromatic heterocycles. The standard InChI is InChI=1S/C19H22N2O3S/c1-15-6-5-13-21(14-15)25(23,24)18-11-9-16(10-12-18)19(22)20-17-7-3-2-4-8-17/h2-4,7-12,15H,5-6,13-14H2,1H3,(H,20,22)/t15-/m1/s1. The molecule has 25 heavy (non-hydrogen) atoms. The van der Waals surface area contributed by atoms with E-state index < -0.39 is 10.0 Å². The first-order valence-electron chi connectivity index (χ1n) is 8.43. The number of anilines is 1. The molecular formula is C19H22N2O3S. The minimum absolute atomic E-state index is 0.234. The molecule has 0 unspecified atom stereocenters. The van der Waals surface area contributed by atoms with Gasteiger partial charge >= 0.3 is 0 Å². The predicted molar refractivity (Wildman–Crippen MR) is 98.0 cm³/mol. The van der Waals surface area contributed by atoms with Crippen molar-refractivity contribution in [3.8, 4) is 0 Å². The predicted octanol–water partition coefficient (Wildman–Crippen LogP) is 3.36. The third-order valence-corrected chi connectivity index (χ3v) is 6.29. The molecule has 1 N–H and O–H groups in total. The number of hydrogen-bond donors (Lipinski definition) is 1. The van der Waals surface area contributed by atoms with E-state index in [9.17, 15) is 13.2 Å². The zero-order chi connectivity index (χ0) is 17.9. The van der Waals surface area contributed by atoms with Crippen LogP contribution in [0.4, 0.5) is 5.69 Å². The number of para-hydroxylation sites is 1. The Morgan fingerprint density at radius 1 is 1.08 bits per heavy atom. The minimum atomic E-state index is -3.49. The molecule has 1 fully saturated rings. The fourth-order valence-electron chi connectivity index (χ4n) is 3.02. The molecule has 0 aliphatic carbocycles. The van der Waals surface area contributed by atoms with Gasteiger partial charge in [0, 0.05) is 24.3 Å². The summed E-state index contributed by atoms with van der Waals surface area (Å²) in [5.41, 5.74) is 1.13. The van der Waals surface area contributed by atoms with Crippen LogP contribution in [0.25, 0.3) is 0 Å². The highest BCUT2D eigenvalue weighted by molar-refractivity contribution is 7.89. The molecule has 0 saturated carbocycles. The molecule has 132 valence electrons. The molecule has 2 aromatic carbocycles. The first-order valence-corrected chi connectivity index (χ1v) is 9.87. The molecule has 1 atom stereocenters. The number of carbonyl (C=O) groups is 1. The maximum atomic E-state index is 12.7. The molecule has 2 aromatic rings. The maximum absolute atomic E-state index is 12.7. The van der Waals surface area contributed by atoms with Crippen LogP contribution in [-0.2, 0) is 10.0 Å². The average Bonchev–Trinajstić information content (AvgIpc) is 2.62. The fourth-order valence-corrected chi connectivity index (χ4v) is 4.62. The van der Waals surface area contributed by atoms with E-state index in [1.807, 2.05) is 18.2 Å². The normalized spacial score (nSPS) is 18.7. The summed E-state index contributed by atoms with van der Waals surface area (Å²) in [7, 11) is -3.49. The Morgan fingerprint density at radius 2 is 1.76 bits per heavy atom. The smallest absolute Gasteiger partial charge is 0.255 e. The Labute approximate surface area is 148 Å². The van der Waals surface area contributed by atoms with Crippen LogP contribution in [0.15, 0.2) is 59.5 Å². The largest absolute Gasteiger partial charge is 0.322 e. The van der Waals surface area contributed by atoms with Gasteiger partial charge in [-0.25, -0.2) is 8.42 Å². The van der Waals surface area contributed by atoms with Gasteiger partial charge in [-0.05, 0) is 55.2 Å². The van der Waals surface area contributed by atoms with Crippen molar-refractivity contribution in [2.75, 3.05) is 18.4 Å². The number of hydrogen-bond acceptors (Lipinski definition) is 3. The Bertz CT molecular complexity index is 833. The molecule has 1 amide bonds. The van der Waals surface area contributed by atoms with E-state index in [1.54, 1.807) is 28.6 Å². The lowest BCUT2D eigenvalue weighted by molar-refractivity contribution is 0.102. The van der Waals surface area contributed by atoms with Gasteiger partial charge in [-0.15, -0.1) is 0 Å². The van der Waals surface area contributed by atoms with E-state index >= 15 is 0 Å². The third kappa shape index (κ3) is 4.08. The fraction of sp³-hybridized carbons (Fsp3) is 0.316. The lowest BCUT2D eigenvalue weighted by Gasteiger charge is -2.30. The lowest BCUT2D eigenvalue weighted by Crippen LogP contribution is -2.39. The monoisotopic (exact) mass is 358 g/mol. The van der Waals surface area contributed by atoms with Crippen molar-refractivity contribution in [3.63, 3.8) is 0 Å². The zero-order valence-electron chi connectivity index (χ0n) is 14.2. The number of nitrogens with zero attached hydrogens (tertiary/aromatic N) is 1. The van der Waals surface area contributed by atoms with Crippen LogP contribution in [0.2, 0.25) is 0 Å². The second-order valence-corrected chi connectivity index (χ2v) is 8.39. The number of rotatable bonds is 4. The van der Waals surface area contributed by atoms with Gasteiger partial charge in [0.2, 0.25) is 10.0 Å². The molecule has 0 spiro atoms. The first kappa shape index (κ1) is 17.6. The molecule has 3 rings (SSSR count). The third-order valence-electron chi connectivity index (χ3n) is 4.41. The zero-order valence-corrected chi connectivity index (χ0v) is 15.0. The maximum Gasteiger partial charge on any atom is 0.255 e. The Morgan fingerprint density at radius 3 is 2.40 bits per heavy atom. The van der Waals surface area contributed by atoms with Crippen molar-refractivity contribution < 1.29 is 13.2 Å². The van der Waals surface area contributed by atoms with Crippen LogP contribution in [0.3, 0.4) is 0 Å². The van der Waals surface area contributed by atoms with Gasteiger partial charge in [-0.2, -0.15) is 4.31 Å². The Hall–Kier alpha value is -2.18. The van der Waals surface area contributed by atoms with Crippen LogP contribution in [0.1, 0.15) is 30.1 Å². The number of carbonyl (C=O) groups excluding carboxylic acids is 1. The van der Waals surface area contributed by atoms with Crippen molar-refractivity contribution in [1.82, 2.24) is 4.31 Å². The summed E-state index contributed by atoms with van der Waals surface area (Å²) in [4.78, 5) is 12.5. The summed E-state index contributed by atoms with van der Waals surface area (Å²) in [6.45, 7) is 3.18. The van der Waals surface area contributed by atoms with E-state index in [4.69, 9.17) is 0 Å². The molecule has 5 nitrogen and oxygen atoms in total. The van der Waals surface area contributed by atoms with Gasteiger partial charge in [-0.1, -0.05) is 25.1 Å². The van der Waals surface area contributed by atoms with Gasteiger partial charge in [0.05, 0.1) is 4.90 Å². The van der Waals surface area contributed by atoms with E-state index in [0.29, 0.717) is 30.3 Å². The average molecular weight is 358 g/mol. The highest BCUT2D eigenvalue weighted by Gasteiger charge is 2.28. The lowest BCUT2D eigenvalue weighted by atomic mass is 10.0. The molecule has 1 aliphatic heterocycles.